The van der Waals surface area contributed by atoms with Gasteiger partial charge in [0.25, 0.3) is 0 Å². The van der Waals surface area contributed by atoms with E-state index in [1.165, 1.54) is 0 Å². The van der Waals surface area contributed by atoms with E-state index in [4.69, 9.17) is 9.47 Å². The zero-order valence-electron chi connectivity index (χ0n) is 19.9. The number of carboxylic acids is 1. The molecule has 4 aromatic rings. The summed E-state index contributed by atoms with van der Waals surface area (Å²) in [4.78, 5) is 13.9. The van der Waals surface area contributed by atoms with Gasteiger partial charge >= 0.3 is 5.97 Å². The Balaban J connectivity index is 1.56. The number of aliphatic carboxylic acids is 1. The second-order valence-corrected chi connectivity index (χ2v) is 9.56. The first-order valence-corrected chi connectivity index (χ1v) is 12.1. The highest BCUT2D eigenvalue weighted by molar-refractivity contribution is 7.12. The Kier molecular flexibility index (Phi) is 7.29. The van der Waals surface area contributed by atoms with E-state index < -0.39 is 5.97 Å². The third kappa shape index (κ3) is 4.98. The molecule has 34 heavy (non-hydrogen) atoms. The van der Waals surface area contributed by atoms with Gasteiger partial charge in [0.1, 0.15) is 11.3 Å². The summed E-state index contributed by atoms with van der Waals surface area (Å²) < 4.78 is 13.0. The third-order valence-corrected chi connectivity index (χ3v) is 7.31. The first kappa shape index (κ1) is 23.9. The van der Waals surface area contributed by atoms with Gasteiger partial charge in [-0.3, -0.25) is 4.79 Å². The molecule has 1 N–H and O–H groups in total. The van der Waals surface area contributed by atoms with Crippen molar-refractivity contribution in [1.29, 1.82) is 0 Å². The number of aryl methyl sites for hydroxylation is 3. The Hall–Kier alpha value is -3.23. The van der Waals surface area contributed by atoms with Crippen LogP contribution in [0.4, 0.5) is 0 Å². The molecule has 0 spiro atoms. The number of nitrogens with zero attached hydrogens (tertiary/aromatic N) is 3. The predicted molar refractivity (Wildman–Crippen MR) is 133 cm³/mol. The molecular weight excluding hydrogens is 450 g/mol. The van der Waals surface area contributed by atoms with Crippen molar-refractivity contribution in [2.75, 3.05) is 7.11 Å². The average molecular weight is 480 g/mol. The van der Waals surface area contributed by atoms with Crippen LogP contribution in [-0.4, -0.2) is 33.2 Å². The van der Waals surface area contributed by atoms with E-state index in [0.29, 0.717) is 13.2 Å². The van der Waals surface area contributed by atoms with E-state index in [9.17, 15) is 9.90 Å². The van der Waals surface area contributed by atoms with Crippen molar-refractivity contribution in [3.63, 3.8) is 0 Å². The Labute approximate surface area is 202 Å². The van der Waals surface area contributed by atoms with Crippen LogP contribution < -0.4 is 4.74 Å². The number of fused-ring (bicyclic) bond motifs is 1. The monoisotopic (exact) mass is 479 g/mol. The van der Waals surface area contributed by atoms with Crippen molar-refractivity contribution in [3.05, 3.63) is 74.5 Å². The number of ether oxygens (including phenoxy) is 2. The molecule has 1 atom stereocenters. The van der Waals surface area contributed by atoms with E-state index in [2.05, 4.69) is 23.3 Å². The first-order chi connectivity index (χ1) is 16.4. The standard InChI is InChI=1S/C26H29N3O4S/c1-5-29-23-11-10-21(16(2)26(23)27-28-29)22(13-25(30)31)24-12-19(17(3)34-24)15-33-14-18-6-8-20(32-4)9-7-18/h6-12,22H,5,13-15H2,1-4H3,(H,30,31). The van der Waals surface area contributed by atoms with Gasteiger partial charge in [-0.1, -0.05) is 23.4 Å². The van der Waals surface area contributed by atoms with Crippen LogP contribution in [0.15, 0.2) is 42.5 Å². The number of aromatic nitrogens is 3. The van der Waals surface area contributed by atoms with Crippen LogP contribution in [0.3, 0.4) is 0 Å². The fraction of sp³-hybridized carbons (Fsp3) is 0.346. The Bertz CT molecular complexity index is 1290. The van der Waals surface area contributed by atoms with E-state index in [1.54, 1.807) is 18.4 Å². The summed E-state index contributed by atoms with van der Waals surface area (Å²) in [6.45, 7) is 7.78. The first-order valence-electron chi connectivity index (χ1n) is 11.3. The molecule has 0 radical (unpaired) electrons. The summed E-state index contributed by atoms with van der Waals surface area (Å²) >= 11 is 1.63. The van der Waals surface area contributed by atoms with Gasteiger partial charge in [-0.05, 0) is 67.3 Å². The number of hydrogen-bond acceptors (Lipinski definition) is 6. The smallest absolute Gasteiger partial charge is 0.304 e. The van der Waals surface area contributed by atoms with Gasteiger partial charge in [0.2, 0.25) is 0 Å². The molecule has 7 nitrogen and oxygen atoms in total. The minimum atomic E-state index is -0.829. The molecule has 2 aromatic heterocycles. The highest BCUT2D eigenvalue weighted by Crippen LogP contribution is 2.38. The average Bonchev–Trinajstić information content (AvgIpc) is 3.42. The highest BCUT2D eigenvalue weighted by Gasteiger charge is 2.24. The van der Waals surface area contributed by atoms with Crippen molar-refractivity contribution in [2.24, 2.45) is 0 Å². The lowest BCUT2D eigenvalue weighted by Gasteiger charge is -2.17. The lowest BCUT2D eigenvalue weighted by atomic mass is 9.89. The van der Waals surface area contributed by atoms with E-state index in [-0.39, 0.29) is 12.3 Å². The predicted octanol–water partition coefficient (Wildman–Crippen LogP) is 5.46. The molecule has 1 unspecified atom stereocenters. The van der Waals surface area contributed by atoms with E-state index in [0.717, 1.165) is 55.3 Å². The zero-order valence-corrected chi connectivity index (χ0v) is 20.7. The number of rotatable bonds is 10. The Morgan fingerprint density at radius 3 is 2.59 bits per heavy atom. The van der Waals surface area contributed by atoms with Gasteiger partial charge in [0, 0.05) is 22.2 Å². The van der Waals surface area contributed by atoms with Crippen molar-refractivity contribution in [1.82, 2.24) is 15.0 Å². The van der Waals surface area contributed by atoms with Crippen LogP contribution >= 0.6 is 11.3 Å². The van der Waals surface area contributed by atoms with E-state index >= 15 is 0 Å². The van der Waals surface area contributed by atoms with Crippen molar-refractivity contribution in [3.8, 4) is 5.75 Å². The van der Waals surface area contributed by atoms with Gasteiger partial charge < -0.3 is 14.6 Å². The Morgan fingerprint density at radius 1 is 1.15 bits per heavy atom. The van der Waals surface area contributed by atoms with Gasteiger partial charge in [-0.25, -0.2) is 4.68 Å². The second kappa shape index (κ2) is 10.4. The maximum atomic E-state index is 11.8. The van der Waals surface area contributed by atoms with Crippen LogP contribution in [0, 0.1) is 13.8 Å². The number of carbonyl (C=O) groups is 1. The molecule has 0 amide bonds. The SMILES string of the molecule is CCn1nnc2c(C)c(C(CC(=O)O)c3cc(COCc4ccc(OC)cc4)c(C)s3)ccc21. The summed E-state index contributed by atoms with van der Waals surface area (Å²) in [5.41, 5.74) is 5.90. The molecule has 0 aliphatic carbocycles. The quantitative estimate of drug-likeness (QED) is 0.325. The molecule has 0 fully saturated rings. The van der Waals surface area contributed by atoms with Crippen molar-refractivity contribution >= 4 is 28.3 Å². The molecule has 2 heterocycles. The molecular formula is C26H29N3O4S. The van der Waals surface area contributed by atoms with Crippen LogP contribution in [0.25, 0.3) is 11.0 Å². The number of methoxy groups -OCH3 is 1. The van der Waals surface area contributed by atoms with Crippen LogP contribution in [-0.2, 0) is 29.3 Å². The van der Waals surface area contributed by atoms with Crippen LogP contribution in [0.2, 0.25) is 0 Å². The number of benzene rings is 2. The molecule has 2 aromatic carbocycles. The van der Waals surface area contributed by atoms with Gasteiger partial charge in [-0.2, -0.15) is 0 Å². The summed E-state index contributed by atoms with van der Waals surface area (Å²) in [7, 11) is 1.65. The van der Waals surface area contributed by atoms with Crippen molar-refractivity contribution in [2.45, 2.75) is 52.9 Å². The summed E-state index contributed by atoms with van der Waals surface area (Å²) in [5.74, 6) is -0.268. The molecule has 4 rings (SSSR count). The topological polar surface area (TPSA) is 86.5 Å². The van der Waals surface area contributed by atoms with Crippen LogP contribution in [0.5, 0.6) is 5.75 Å². The maximum Gasteiger partial charge on any atom is 0.304 e. The maximum absolute atomic E-state index is 11.8. The zero-order chi connectivity index (χ0) is 24.2. The second-order valence-electron chi connectivity index (χ2n) is 8.27. The fourth-order valence-electron chi connectivity index (χ4n) is 4.19. The summed E-state index contributed by atoms with van der Waals surface area (Å²) in [6, 6.07) is 13.9. The molecule has 0 aliphatic heterocycles. The summed E-state index contributed by atoms with van der Waals surface area (Å²) in [5, 5.41) is 18.2. The minimum absolute atomic E-state index is 0.0142. The van der Waals surface area contributed by atoms with Gasteiger partial charge in [0.15, 0.2) is 0 Å². The van der Waals surface area contributed by atoms with E-state index in [1.807, 2.05) is 54.9 Å². The normalized spacial score (nSPS) is 12.2. The van der Waals surface area contributed by atoms with Gasteiger partial charge in [0.05, 0.1) is 32.3 Å². The molecule has 0 aliphatic rings. The number of carboxylic acid groups (broad SMARTS) is 1. The molecule has 8 heteroatoms. The lowest BCUT2D eigenvalue weighted by Crippen LogP contribution is -2.08. The van der Waals surface area contributed by atoms with Gasteiger partial charge in [-0.15, -0.1) is 16.4 Å². The molecule has 0 saturated carbocycles. The fourth-order valence-corrected chi connectivity index (χ4v) is 5.35. The largest absolute Gasteiger partial charge is 0.497 e. The lowest BCUT2D eigenvalue weighted by molar-refractivity contribution is -0.137. The molecule has 0 saturated heterocycles. The van der Waals surface area contributed by atoms with Crippen LogP contribution in [0.1, 0.15) is 51.3 Å². The molecule has 0 bridgehead atoms. The highest BCUT2D eigenvalue weighted by atomic mass is 32.1. The third-order valence-electron chi connectivity index (χ3n) is 6.10. The Morgan fingerprint density at radius 2 is 1.91 bits per heavy atom. The van der Waals surface area contributed by atoms with Crippen molar-refractivity contribution < 1.29 is 19.4 Å². The molecule has 178 valence electrons. The minimum Gasteiger partial charge on any atom is -0.497 e. The number of thiophene rings is 1. The summed E-state index contributed by atoms with van der Waals surface area (Å²) in [6.07, 6.45) is 0.0142. The number of hydrogen-bond donors (Lipinski definition) is 1.